The second-order valence-corrected chi connectivity index (χ2v) is 19.8. The number of benzene rings is 4. The number of carbonyl (C=O) groups is 8. The number of Topliss-reactive ketones (excluding diaryl/α,β-unsaturated/α-hetero) is 2. The molecular weight excluding hydrogens is 997 g/mol. The summed E-state index contributed by atoms with van der Waals surface area (Å²) in [4.78, 5) is 103. The maximum atomic E-state index is 13.5. The van der Waals surface area contributed by atoms with Crippen LogP contribution in [0.1, 0.15) is 147 Å². The zero-order chi connectivity index (χ0) is 56.1. The van der Waals surface area contributed by atoms with Crippen LogP contribution in [0.5, 0.6) is 0 Å². The fourth-order valence-corrected chi connectivity index (χ4v) is 8.33. The minimum Gasteiger partial charge on any atom is -0.466 e. The van der Waals surface area contributed by atoms with Gasteiger partial charge in [-0.2, -0.15) is 0 Å². The van der Waals surface area contributed by atoms with Crippen molar-refractivity contribution in [1.29, 1.82) is 0 Å². The van der Waals surface area contributed by atoms with Crippen LogP contribution in [0.2, 0.25) is 0 Å². The summed E-state index contributed by atoms with van der Waals surface area (Å²) >= 11 is 0. The molecule has 0 spiro atoms. The Bertz CT molecular complexity index is 2740. The largest absolute Gasteiger partial charge is 0.466 e. The van der Waals surface area contributed by atoms with Crippen molar-refractivity contribution in [1.82, 2.24) is 10.2 Å². The number of hydrogen-bond acceptors (Lipinski definition) is 13. The summed E-state index contributed by atoms with van der Waals surface area (Å²) in [6, 6.07) is 24.0. The molecule has 0 saturated heterocycles. The molecule has 0 aromatic heterocycles. The van der Waals surface area contributed by atoms with Crippen LogP contribution in [0.3, 0.4) is 0 Å². The molecule has 0 fully saturated rings. The van der Waals surface area contributed by atoms with Gasteiger partial charge in [-0.05, 0) is 126 Å². The number of fused-ring (bicyclic) bond motifs is 3. The highest BCUT2D eigenvalue weighted by molar-refractivity contribution is 6.56. The molecule has 16 nitrogen and oxygen atoms in total. The third kappa shape index (κ3) is 16.3. The second-order valence-electron chi connectivity index (χ2n) is 19.8. The van der Waals surface area contributed by atoms with Gasteiger partial charge in [0.2, 0.25) is 12.9 Å². The summed E-state index contributed by atoms with van der Waals surface area (Å²) in [6.45, 7) is 15.7. The van der Waals surface area contributed by atoms with Gasteiger partial charge in [-0.1, -0.05) is 60.7 Å². The first kappa shape index (κ1) is 59.4. The molecule has 3 heterocycles. The Morgan fingerprint density at radius 2 is 1.11 bits per heavy atom. The van der Waals surface area contributed by atoms with Crippen LogP contribution in [0, 0.1) is 0 Å². The van der Waals surface area contributed by atoms with Gasteiger partial charge >= 0.3 is 30.0 Å². The Labute approximate surface area is 438 Å². The quantitative estimate of drug-likeness (QED) is 0.0374. The highest BCUT2D eigenvalue weighted by Gasteiger charge is 2.43. The van der Waals surface area contributed by atoms with Crippen LogP contribution in [-0.2, 0) is 64.3 Å². The van der Waals surface area contributed by atoms with Gasteiger partial charge in [0, 0.05) is 39.0 Å². The van der Waals surface area contributed by atoms with Crippen molar-refractivity contribution in [2.24, 2.45) is 0 Å². The fourth-order valence-electron chi connectivity index (χ4n) is 8.33. The van der Waals surface area contributed by atoms with E-state index in [0.29, 0.717) is 4.90 Å². The number of nitrogens with one attached hydrogen (secondary N) is 2. The fraction of sp³-hybridized carbons (Fsp3) is 0.429. The SMILES string of the molecule is CCOC(=O)C(CCC(F)F)c1ccc(NC(=O)OC(C)(C)C)c(C(=O)C(=O)N2Cc3ccccc3C2)c1.CCOC(=O)C(CCC(F)F)c1ccc2c(c1)C(=O)C(=O)N2C(=O)OC(C)(C)C.c1ccc2c(c1)CNC2. The summed E-state index contributed by atoms with van der Waals surface area (Å²) in [5, 5.41) is 5.78. The summed E-state index contributed by atoms with van der Waals surface area (Å²) in [6.07, 6.45) is -8.59. The van der Waals surface area contributed by atoms with Crippen molar-refractivity contribution in [2.45, 2.75) is 143 Å². The maximum Gasteiger partial charge on any atom is 0.422 e. The van der Waals surface area contributed by atoms with Crippen LogP contribution in [0.25, 0.3) is 0 Å². The zero-order valence-corrected chi connectivity index (χ0v) is 43.8. The van der Waals surface area contributed by atoms with Crippen LogP contribution in [-0.4, -0.2) is 89.7 Å². The summed E-state index contributed by atoms with van der Waals surface area (Å²) in [7, 11) is 0. The molecule has 3 aliphatic rings. The van der Waals surface area contributed by atoms with E-state index in [1.54, 1.807) is 55.4 Å². The number of ether oxygens (including phenoxy) is 4. The lowest BCUT2D eigenvalue weighted by molar-refractivity contribution is -0.146. The highest BCUT2D eigenvalue weighted by atomic mass is 19.3. The topological polar surface area (TPSA) is 204 Å². The predicted molar refractivity (Wildman–Crippen MR) is 272 cm³/mol. The normalized spacial score (nSPS) is 14.3. The number of halogens is 4. The minimum absolute atomic E-state index is 0.00507. The molecule has 4 aromatic rings. The van der Waals surface area contributed by atoms with Gasteiger partial charge in [0.15, 0.2) is 0 Å². The van der Waals surface area contributed by atoms with E-state index in [1.165, 1.54) is 52.4 Å². The molecule has 408 valence electrons. The molecule has 2 N–H and O–H groups in total. The summed E-state index contributed by atoms with van der Waals surface area (Å²) < 4.78 is 71.8. The molecule has 20 heteroatoms. The molecule has 76 heavy (non-hydrogen) atoms. The molecule has 3 aliphatic heterocycles. The van der Waals surface area contributed by atoms with Crippen molar-refractivity contribution in [3.8, 4) is 0 Å². The first-order chi connectivity index (χ1) is 35.8. The molecule has 0 bridgehead atoms. The first-order valence-electron chi connectivity index (χ1n) is 24.8. The maximum absolute atomic E-state index is 13.5. The van der Waals surface area contributed by atoms with Crippen molar-refractivity contribution >= 4 is 58.9 Å². The number of rotatable bonds is 15. The lowest BCUT2D eigenvalue weighted by Gasteiger charge is -2.23. The highest BCUT2D eigenvalue weighted by Crippen LogP contribution is 2.36. The van der Waals surface area contributed by atoms with Gasteiger partial charge in [0.25, 0.3) is 17.5 Å². The van der Waals surface area contributed by atoms with Gasteiger partial charge in [0.1, 0.15) is 11.2 Å². The Morgan fingerprint density at radius 1 is 0.632 bits per heavy atom. The van der Waals surface area contributed by atoms with E-state index in [9.17, 15) is 55.9 Å². The lowest BCUT2D eigenvalue weighted by Crippen LogP contribution is -2.40. The number of carbonyl (C=O) groups excluding carboxylic acids is 8. The molecule has 7 rings (SSSR count). The molecule has 0 radical (unpaired) electrons. The first-order valence-corrected chi connectivity index (χ1v) is 24.8. The molecule has 0 saturated carbocycles. The van der Waals surface area contributed by atoms with E-state index in [2.05, 4.69) is 34.9 Å². The van der Waals surface area contributed by atoms with Crippen LogP contribution in [0.15, 0.2) is 84.9 Å². The summed E-state index contributed by atoms with van der Waals surface area (Å²) in [5.74, 6) is -7.26. The monoisotopic (exact) mass is 1060 g/mol. The predicted octanol–water partition coefficient (Wildman–Crippen LogP) is 10.6. The van der Waals surface area contributed by atoms with Crippen molar-refractivity contribution in [3.05, 3.63) is 129 Å². The molecule has 0 aliphatic carbocycles. The average Bonchev–Trinajstić information content (AvgIpc) is 4.07. The number of anilines is 2. The number of amides is 4. The molecule has 2 unspecified atom stereocenters. The van der Waals surface area contributed by atoms with E-state index >= 15 is 0 Å². The number of esters is 2. The average molecular weight is 1060 g/mol. The third-order valence-corrected chi connectivity index (χ3v) is 11.8. The van der Waals surface area contributed by atoms with E-state index in [-0.39, 0.29) is 72.8 Å². The van der Waals surface area contributed by atoms with Crippen molar-refractivity contribution in [2.75, 3.05) is 23.4 Å². The van der Waals surface area contributed by atoms with Crippen LogP contribution in [0.4, 0.5) is 38.5 Å². The number of alkyl halides is 4. The van der Waals surface area contributed by atoms with E-state index < -0.39 is 96.2 Å². The van der Waals surface area contributed by atoms with E-state index in [4.69, 9.17) is 18.9 Å². The zero-order valence-electron chi connectivity index (χ0n) is 43.8. The number of hydrogen-bond donors (Lipinski definition) is 2. The van der Waals surface area contributed by atoms with Gasteiger partial charge < -0.3 is 29.2 Å². The Balaban J connectivity index is 0.000000245. The van der Waals surface area contributed by atoms with Gasteiger partial charge in [0.05, 0.1) is 47.6 Å². The standard InChI is InChI=1S/C28H32F2N2O6.C20H23F2NO6.C8H9N/c1-5-37-26(35)20(11-13-23(29)30)17-10-12-22(31-27(36)38-28(2,3)4)21(14-17)24(33)25(34)32-15-18-8-6-7-9-19(18)16-32;1-5-28-18(26)12(7-9-15(21)22)11-6-8-14-13(10-11)16(24)17(25)23(14)19(27)29-20(2,3)4;1-2-4-8-6-9-5-7(8)3-1/h6-10,12,14,20,23H,5,11,13,15-16H2,1-4H3,(H,31,36);6,8,10,12,15H,5,7,9H2,1-4H3;1-4,9H,5-6H2. The van der Waals surface area contributed by atoms with Crippen LogP contribution < -0.4 is 15.5 Å². The lowest BCUT2D eigenvalue weighted by atomic mass is 9.91. The van der Waals surface area contributed by atoms with Gasteiger partial charge in [-0.15, -0.1) is 0 Å². The van der Waals surface area contributed by atoms with Crippen molar-refractivity contribution < 1.29 is 74.9 Å². The van der Waals surface area contributed by atoms with Crippen molar-refractivity contribution in [3.63, 3.8) is 0 Å². The minimum atomic E-state index is -2.64. The third-order valence-electron chi connectivity index (χ3n) is 11.8. The Hall–Kier alpha value is -7.48. The van der Waals surface area contributed by atoms with E-state index in [0.717, 1.165) is 24.2 Å². The van der Waals surface area contributed by atoms with Gasteiger partial charge in [-0.3, -0.25) is 34.1 Å². The number of nitrogens with zero attached hydrogens (tertiary/aromatic N) is 2. The van der Waals surface area contributed by atoms with Crippen LogP contribution >= 0.6 is 0 Å². The molecule has 4 amide bonds. The summed E-state index contributed by atoms with van der Waals surface area (Å²) in [5.41, 5.74) is 3.27. The number of ketones is 2. The molecular formula is C56H64F4N4O12. The van der Waals surface area contributed by atoms with E-state index in [1.807, 2.05) is 24.3 Å². The molecule has 2 atom stereocenters. The molecule has 4 aromatic carbocycles. The smallest absolute Gasteiger partial charge is 0.422 e. The number of imide groups is 1. The van der Waals surface area contributed by atoms with Gasteiger partial charge in [-0.25, -0.2) is 32.1 Å². The second kappa shape index (κ2) is 26.3. The Morgan fingerprint density at radius 3 is 1.58 bits per heavy atom. The Kier molecular flexibility index (Phi) is 20.6.